The maximum Gasteiger partial charge on any atom is 0.0599 e. The maximum atomic E-state index is 6.08. The van der Waals surface area contributed by atoms with Crippen molar-refractivity contribution in [3.8, 4) is 0 Å². The van der Waals surface area contributed by atoms with Crippen molar-refractivity contribution in [1.29, 1.82) is 0 Å². The molecule has 3 nitrogen and oxygen atoms in total. The van der Waals surface area contributed by atoms with Gasteiger partial charge in [0.15, 0.2) is 0 Å². The molecule has 0 radical (unpaired) electrons. The van der Waals surface area contributed by atoms with E-state index < -0.39 is 0 Å². The van der Waals surface area contributed by atoms with Gasteiger partial charge in [-0.25, -0.2) is 0 Å². The molecular formula is C16H25ClN2O. The molecule has 0 amide bonds. The van der Waals surface area contributed by atoms with Gasteiger partial charge in [-0.05, 0) is 36.5 Å². The SMILES string of the molecule is COC1CCN(CC(C)c2cccc(Cl)c2)C(CN)C1. The Morgan fingerprint density at radius 3 is 2.95 bits per heavy atom. The predicted octanol–water partition coefficient (Wildman–Crippen LogP) is 2.88. The number of likely N-dealkylation sites (tertiary alicyclic amines) is 1. The van der Waals surface area contributed by atoms with E-state index in [-0.39, 0.29) is 0 Å². The molecule has 20 heavy (non-hydrogen) atoms. The minimum Gasteiger partial charge on any atom is -0.381 e. The second-order valence-corrected chi connectivity index (χ2v) is 6.16. The molecule has 112 valence electrons. The lowest BCUT2D eigenvalue weighted by Gasteiger charge is -2.39. The molecule has 2 N–H and O–H groups in total. The van der Waals surface area contributed by atoms with Gasteiger partial charge in [-0.2, -0.15) is 0 Å². The molecule has 0 bridgehead atoms. The third kappa shape index (κ3) is 3.95. The summed E-state index contributed by atoms with van der Waals surface area (Å²) in [6.45, 7) is 5.04. The Hall–Kier alpha value is -0.610. The summed E-state index contributed by atoms with van der Waals surface area (Å²) in [6.07, 6.45) is 2.49. The highest BCUT2D eigenvalue weighted by Gasteiger charge is 2.28. The summed E-state index contributed by atoms with van der Waals surface area (Å²) in [5.41, 5.74) is 7.22. The molecule has 4 heteroatoms. The molecule has 1 aromatic carbocycles. The summed E-state index contributed by atoms with van der Waals surface area (Å²) in [5, 5.41) is 0.808. The summed E-state index contributed by atoms with van der Waals surface area (Å²) < 4.78 is 5.48. The van der Waals surface area contributed by atoms with Crippen LogP contribution in [0, 0.1) is 0 Å². The van der Waals surface area contributed by atoms with Crippen molar-refractivity contribution in [3.05, 3.63) is 34.9 Å². The monoisotopic (exact) mass is 296 g/mol. The van der Waals surface area contributed by atoms with Gasteiger partial charge in [0.05, 0.1) is 6.10 Å². The quantitative estimate of drug-likeness (QED) is 0.908. The number of nitrogens with two attached hydrogens (primary N) is 1. The second-order valence-electron chi connectivity index (χ2n) is 5.72. The summed E-state index contributed by atoms with van der Waals surface area (Å²) in [5.74, 6) is 0.460. The molecule has 0 saturated carbocycles. The van der Waals surface area contributed by atoms with Gasteiger partial charge in [0, 0.05) is 37.8 Å². The zero-order chi connectivity index (χ0) is 14.5. The Morgan fingerprint density at radius 1 is 1.50 bits per heavy atom. The lowest BCUT2D eigenvalue weighted by Crippen LogP contribution is -2.49. The summed E-state index contributed by atoms with van der Waals surface area (Å²) >= 11 is 6.08. The third-order valence-electron chi connectivity index (χ3n) is 4.32. The first-order chi connectivity index (χ1) is 9.63. The van der Waals surface area contributed by atoms with Crippen LogP contribution in [-0.4, -0.2) is 43.8 Å². The van der Waals surface area contributed by atoms with Crippen LogP contribution in [0.15, 0.2) is 24.3 Å². The zero-order valence-electron chi connectivity index (χ0n) is 12.4. The normalized spacial score (nSPS) is 25.6. The standard InChI is InChI=1S/C16H25ClN2O/c1-12(13-4-3-5-14(17)8-13)11-19-7-6-16(20-2)9-15(19)10-18/h3-5,8,12,15-16H,6-7,9-11,18H2,1-2H3. The summed E-state index contributed by atoms with van der Waals surface area (Å²) in [7, 11) is 1.79. The van der Waals surface area contributed by atoms with E-state index in [1.807, 2.05) is 12.1 Å². The molecule has 1 aliphatic heterocycles. The van der Waals surface area contributed by atoms with Crippen molar-refractivity contribution in [2.75, 3.05) is 26.7 Å². The first kappa shape index (κ1) is 15.8. The van der Waals surface area contributed by atoms with E-state index >= 15 is 0 Å². The first-order valence-electron chi connectivity index (χ1n) is 7.36. The molecule has 1 fully saturated rings. The zero-order valence-corrected chi connectivity index (χ0v) is 13.1. The highest BCUT2D eigenvalue weighted by molar-refractivity contribution is 6.30. The first-order valence-corrected chi connectivity index (χ1v) is 7.74. The second kappa shape index (κ2) is 7.41. The van der Waals surface area contributed by atoms with Crippen LogP contribution in [0.4, 0.5) is 0 Å². The van der Waals surface area contributed by atoms with Gasteiger partial charge in [0.1, 0.15) is 0 Å². The van der Waals surface area contributed by atoms with Gasteiger partial charge in [-0.15, -0.1) is 0 Å². The average Bonchev–Trinajstić information content (AvgIpc) is 2.47. The van der Waals surface area contributed by atoms with Crippen molar-refractivity contribution in [2.45, 2.75) is 37.8 Å². The number of halogens is 1. The molecule has 1 saturated heterocycles. The number of methoxy groups -OCH3 is 1. The number of piperidine rings is 1. The molecule has 0 aromatic heterocycles. The number of hydrogen-bond donors (Lipinski definition) is 1. The van der Waals surface area contributed by atoms with Crippen molar-refractivity contribution >= 4 is 11.6 Å². The van der Waals surface area contributed by atoms with Crippen molar-refractivity contribution in [3.63, 3.8) is 0 Å². The number of benzene rings is 1. The Morgan fingerprint density at radius 2 is 2.30 bits per heavy atom. The van der Waals surface area contributed by atoms with Crippen LogP contribution >= 0.6 is 11.6 Å². The van der Waals surface area contributed by atoms with Crippen molar-refractivity contribution in [2.24, 2.45) is 5.73 Å². The highest BCUT2D eigenvalue weighted by Crippen LogP contribution is 2.25. The molecular weight excluding hydrogens is 272 g/mol. The Balaban J connectivity index is 1.98. The maximum absolute atomic E-state index is 6.08. The lowest BCUT2D eigenvalue weighted by atomic mass is 9.95. The lowest BCUT2D eigenvalue weighted by molar-refractivity contribution is 0.0117. The third-order valence-corrected chi connectivity index (χ3v) is 4.56. The molecule has 1 heterocycles. The number of rotatable bonds is 5. The van der Waals surface area contributed by atoms with Crippen LogP contribution in [-0.2, 0) is 4.74 Å². The van der Waals surface area contributed by atoms with Crippen LogP contribution in [0.1, 0.15) is 31.2 Å². The molecule has 0 aliphatic carbocycles. The molecule has 1 aromatic rings. The van der Waals surface area contributed by atoms with Crippen LogP contribution in [0.3, 0.4) is 0 Å². The van der Waals surface area contributed by atoms with Gasteiger partial charge in [-0.3, -0.25) is 4.90 Å². The molecule has 3 unspecified atom stereocenters. The Labute approximate surface area is 127 Å². The van der Waals surface area contributed by atoms with Gasteiger partial charge in [-0.1, -0.05) is 30.7 Å². The number of ether oxygens (including phenoxy) is 1. The summed E-state index contributed by atoms with van der Waals surface area (Å²) in [6, 6.07) is 8.58. The fourth-order valence-electron chi connectivity index (χ4n) is 3.03. The smallest absolute Gasteiger partial charge is 0.0599 e. The highest BCUT2D eigenvalue weighted by atomic mass is 35.5. The fourth-order valence-corrected chi connectivity index (χ4v) is 3.23. The van der Waals surface area contributed by atoms with Gasteiger partial charge in [0.25, 0.3) is 0 Å². The van der Waals surface area contributed by atoms with E-state index in [1.165, 1.54) is 5.56 Å². The van der Waals surface area contributed by atoms with Crippen LogP contribution in [0.2, 0.25) is 5.02 Å². The fraction of sp³-hybridized carbons (Fsp3) is 0.625. The van der Waals surface area contributed by atoms with Gasteiger partial charge in [0.2, 0.25) is 0 Å². The number of nitrogens with zero attached hydrogens (tertiary/aromatic N) is 1. The summed E-state index contributed by atoms with van der Waals surface area (Å²) in [4.78, 5) is 2.50. The van der Waals surface area contributed by atoms with E-state index in [9.17, 15) is 0 Å². The van der Waals surface area contributed by atoms with E-state index in [1.54, 1.807) is 7.11 Å². The largest absolute Gasteiger partial charge is 0.381 e. The average molecular weight is 297 g/mol. The van der Waals surface area contributed by atoms with Crippen LogP contribution in [0.25, 0.3) is 0 Å². The van der Waals surface area contributed by atoms with Crippen LogP contribution in [0.5, 0.6) is 0 Å². The Bertz CT molecular complexity index is 427. The van der Waals surface area contributed by atoms with Crippen LogP contribution < -0.4 is 5.73 Å². The Kier molecular flexibility index (Phi) is 5.85. The van der Waals surface area contributed by atoms with Gasteiger partial charge < -0.3 is 10.5 Å². The van der Waals surface area contributed by atoms with E-state index in [0.29, 0.717) is 24.6 Å². The molecule has 3 atom stereocenters. The van der Waals surface area contributed by atoms with Gasteiger partial charge >= 0.3 is 0 Å². The van der Waals surface area contributed by atoms with Crippen molar-refractivity contribution in [1.82, 2.24) is 4.90 Å². The van der Waals surface area contributed by atoms with E-state index in [0.717, 1.165) is 31.0 Å². The van der Waals surface area contributed by atoms with E-state index in [4.69, 9.17) is 22.1 Å². The topological polar surface area (TPSA) is 38.5 Å². The molecule has 0 spiro atoms. The van der Waals surface area contributed by atoms with E-state index in [2.05, 4.69) is 24.0 Å². The minimum absolute atomic E-state index is 0.362. The van der Waals surface area contributed by atoms with Crippen molar-refractivity contribution < 1.29 is 4.74 Å². The predicted molar refractivity (Wildman–Crippen MR) is 84.3 cm³/mol. The minimum atomic E-state index is 0.362. The molecule has 1 aliphatic rings. The molecule has 2 rings (SSSR count). The number of hydrogen-bond acceptors (Lipinski definition) is 3.